The first-order valence-electron chi connectivity index (χ1n) is 6.75. The van der Waals surface area contributed by atoms with E-state index in [9.17, 15) is 14.7 Å². The Morgan fingerprint density at radius 2 is 1.96 bits per heavy atom. The summed E-state index contributed by atoms with van der Waals surface area (Å²) in [6.45, 7) is 0. The van der Waals surface area contributed by atoms with Gasteiger partial charge in [-0.05, 0) is 11.5 Å². The van der Waals surface area contributed by atoms with Crippen LogP contribution in [0.2, 0.25) is 0 Å². The molecule has 1 saturated heterocycles. The van der Waals surface area contributed by atoms with Crippen molar-refractivity contribution in [1.82, 2.24) is 4.90 Å². The van der Waals surface area contributed by atoms with Crippen molar-refractivity contribution in [3.63, 3.8) is 0 Å². The molecule has 0 N–H and O–H groups in total. The average molecular weight is 335 g/mol. The second-order valence-electron chi connectivity index (χ2n) is 5.04. The summed E-state index contributed by atoms with van der Waals surface area (Å²) in [7, 11) is 0. The number of ether oxygens (including phenoxy) is 1. The summed E-state index contributed by atoms with van der Waals surface area (Å²) < 4.78 is 5.82. The summed E-state index contributed by atoms with van der Waals surface area (Å²) in [5.74, 6) is -1.04. The van der Waals surface area contributed by atoms with Crippen molar-refractivity contribution in [2.75, 3.05) is 0 Å². The fourth-order valence-corrected chi connectivity index (χ4v) is 3.90. The van der Waals surface area contributed by atoms with Crippen LogP contribution in [0.25, 0.3) is 10.8 Å². The number of β-lactam (4-membered cyclic amide) rings is 1. The molecule has 2 aliphatic rings. The van der Waals surface area contributed by atoms with Crippen LogP contribution in [0.1, 0.15) is 6.42 Å². The minimum Gasteiger partial charge on any atom is -0.543 e. The summed E-state index contributed by atoms with van der Waals surface area (Å²) in [5, 5.41) is 13.3. The van der Waals surface area contributed by atoms with E-state index in [2.05, 4.69) is 0 Å². The van der Waals surface area contributed by atoms with Crippen LogP contribution in [0.15, 0.2) is 53.3 Å². The molecular weight excluding hydrogens is 325 g/mol. The van der Waals surface area contributed by atoms with Gasteiger partial charge in [0.1, 0.15) is 11.4 Å². The number of benzene rings is 2. The van der Waals surface area contributed by atoms with Crippen molar-refractivity contribution in [2.24, 2.45) is 0 Å². The molecule has 0 spiro atoms. The number of carbonyl (C=O) groups excluding carboxylic acids is 2. The Balaban J connectivity index is 0.00000156. The fourth-order valence-electron chi connectivity index (χ4n) is 2.67. The number of thioether (sulfide) groups is 1. The van der Waals surface area contributed by atoms with Crippen molar-refractivity contribution in [2.45, 2.75) is 11.8 Å². The Hall–Kier alpha value is -1.47. The second kappa shape index (κ2) is 6.20. The summed E-state index contributed by atoms with van der Waals surface area (Å²) >= 11 is 1.25. The maximum absolute atomic E-state index is 11.6. The van der Waals surface area contributed by atoms with E-state index in [1.54, 1.807) is 6.07 Å². The predicted molar refractivity (Wildman–Crippen MR) is 79.5 cm³/mol. The van der Waals surface area contributed by atoms with Gasteiger partial charge < -0.3 is 14.6 Å². The molecule has 2 aromatic carbocycles. The molecule has 0 aliphatic carbocycles. The third kappa shape index (κ3) is 2.65. The molecule has 23 heavy (non-hydrogen) atoms. The summed E-state index contributed by atoms with van der Waals surface area (Å²) in [5.41, 5.74) is -0.167. The van der Waals surface area contributed by atoms with Gasteiger partial charge in [-0.1, -0.05) is 48.2 Å². The van der Waals surface area contributed by atoms with Gasteiger partial charge >= 0.3 is 29.6 Å². The topological polar surface area (TPSA) is 69.7 Å². The van der Waals surface area contributed by atoms with Crippen molar-refractivity contribution < 1.29 is 49.0 Å². The van der Waals surface area contributed by atoms with Crippen LogP contribution in [-0.2, 0) is 9.59 Å². The van der Waals surface area contributed by atoms with Crippen molar-refractivity contribution in [3.8, 4) is 5.75 Å². The van der Waals surface area contributed by atoms with Gasteiger partial charge in [0.15, 0.2) is 5.09 Å². The van der Waals surface area contributed by atoms with Crippen LogP contribution >= 0.6 is 11.8 Å². The first-order valence-corrected chi connectivity index (χ1v) is 7.63. The molecule has 2 heterocycles. The quantitative estimate of drug-likeness (QED) is 0.502. The molecule has 2 aromatic rings. The fraction of sp³-hybridized carbons (Fsp3) is 0.125. The van der Waals surface area contributed by atoms with E-state index in [4.69, 9.17) is 4.74 Å². The van der Waals surface area contributed by atoms with Gasteiger partial charge in [0.2, 0.25) is 5.91 Å². The zero-order valence-electron chi connectivity index (χ0n) is 12.3. The molecule has 0 radical (unpaired) electrons. The molecule has 0 saturated carbocycles. The molecule has 7 heteroatoms. The molecule has 1 amide bonds. The Labute approximate surface area is 158 Å². The van der Waals surface area contributed by atoms with Crippen LogP contribution in [0.5, 0.6) is 5.75 Å². The molecule has 110 valence electrons. The second-order valence-corrected chi connectivity index (χ2v) is 6.19. The first kappa shape index (κ1) is 16.4. The number of carboxylic acid groups (broad SMARTS) is 1. The molecule has 1 unspecified atom stereocenters. The molecule has 2 aliphatic heterocycles. The SMILES string of the molecule is O=C([O-])C1=C(Oc2cccc3ccccc23)SC2CC(=O)N12.[Na+]. The standard InChI is InChI=1S/C16H11NO4S.Na/c18-12-8-13-17(12)14(15(19)20)16(22-13)21-11-7-3-5-9-4-1-2-6-10(9)11;/h1-7,13H,8H2,(H,19,20);/q;+1/p-1. The smallest absolute Gasteiger partial charge is 0.543 e. The van der Waals surface area contributed by atoms with E-state index in [0.717, 1.165) is 10.8 Å². The van der Waals surface area contributed by atoms with Crippen LogP contribution in [0, 0.1) is 0 Å². The summed E-state index contributed by atoms with van der Waals surface area (Å²) in [6, 6.07) is 13.2. The zero-order chi connectivity index (χ0) is 15.3. The average Bonchev–Trinajstić information content (AvgIpc) is 2.80. The van der Waals surface area contributed by atoms with E-state index in [0.29, 0.717) is 12.2 Å². The minimum atomic E-state index is -1.39. The molecule has 4 rings (SSSR count). The third-order valence-corrected chi connectivity index (χ3v) is 4.87. The van der Waals surface area contributed by atoms with E-state index >= 15 is 0 Å². The molecule has 1 fully saturated rings. The number of nitrogens with zero attached hydrogens (tertiary/aromatic N) is 1. The van der Waals surface area contributed by atoms with E-state index in [-0.39, 0.29) is 51.6 Å². The van der Waals surface area contributed by atoms with E-state index in [1.807, 2.05) is 36.4 Å². The van der Waals surface area contributed by atoms with Gasteiger partial charge in [-0.3, -0.25) is 9.69 Å². The number of aliphatic carboxylic acids is 1. The number of hydrogen-bond donors (Lipinski definition) is 0. The Kier molecular flexibility index (Phi) is 4.42. The van der Waals surface area contributed by atoms with Crippen LogP contribution in [0.4, 0.5) is 0 Å². The van der Waals surface area contributed by atoms with Crippen molar-refractivity contribution >= 4 is 34.4 Å². The van der Waals surface area contributed by atoms with E-state index in [1.165, 1.54) is 16.7 Å². The first-order chi connectivity index (χ1) is 10.6. The number of rotatable bonds is 3. The maximum atomic E-state index is 11.6. The Morgan fingerprint density at radius 3 is 2.70 bits per heavy atom. The summed E-state index contributed by atoms with van der Waals surface area (Å²) in [4.78, 5) is 24.2. The van der Waals surface area contributed by atoms with E-state index < -0.39 is 5.97 Å². The Morgan fingerprint density at radius 1 is 1.22 bits per heavy atom. The molecular formula is C16H10NNaO4S. The molecule has 0 aromatic heterocycles. The van der Waals surface area contributed by atoms with Crippen molar-refractivity contribution in [3.05, 3.63) is 53.3 Å². The molecule has 1 atom stereocenters. The van der Waals surface area contributed by atoms with Gasteiger partial charge in [-0.25, -0.2) is 0 Å². The normalized spacial score (nSPS) is 19.2. The Bertz CT molecular complexity index is 846. The predicted octanol–water partition coefficient (Wildman–Crippen LogP) is -1.55. The van der Waals surface area contributed by atoms with Crippen molar-refractivity contribution in [1.29, 1.82) is 0 Å². The monoisotopic (exact) mass is 335 g/mol. The summed E-state index contributed by atoms with van der Waals surface area (Å²) in [6.07, 6.45) is 0.323. The maximum Gasteiger partial charge on any atom is 1.00 e. The van der Waals surface area contributed by atoms with Gasteiger partial charge in [-0.15, -0.1) is 0 Å². The number of carbonyl (C=O) groups is 2. The minimum absolute atomic E-state index is 0. The molecule has 0 bridgehead atoms. The van der Waals surface area contributed by atoms with Gasteiger partial charge in [0, 0.05) is 5.39 Å². The van der Waals surface area contributed by atoms with Gasteiger partial charge in [-0.2, -0.15) is 0 Å². The van der Waals surface area contributed by atoms with Crippen LogP contribution in [-0.4, -0.2) is 22.2 Å². The van der Waals surface area contributed by atoms with Gasteiger partial charge in [0.25, 0.3) is 0 Å². The number of carboxylic acids is 1. The van der Waals surface area contributed by atoms with Crippen LogP contribution in [0.3, 0.4) is 0 Å². The zero-order valence-corrected chi connectivity index (χ0v) is 15.1. The number of amides is 1. The largest absolute Gasteiger partial charge is 1.00 e. The van der Waals surface area contributed by atoms with Gasteiger partial charge in [0.05, 0.1) is 17.8 Å². The third-order valence-electron chi connectivity index (χ3n) is 3.73. The number of fused-ring (bicyclic) bond motifs is 2. The molecule has 5 nitrogen and oxygen atoms in total. The van der Waals surface area contributed by atoms with Crippen LogP contribution < -0.4 is 39.4 Å². The number of hydrogen-bond acceptors (Lipinski definition) is 5.